The van der Waals surface area contributed by atoms with E-state index in [1.165, 1.54) is 6.42 Å². The van der Waals surface area contributed by atoms with Gasteiger partial charge in [-0.15, -0.1) is 0 Å². The fourth-order valence-electron chi connectivity index (χ4n) is 5.00. The molecule has 1 aliphatic carbocycles. The lowest BCUT2D eigenvalue weighted by Crippen LogP contribution is -2.52. The molecule has 5 nitrogen and oxygen atoms in total. The minimum absolute atomic E-state index is 0.0404. The number of amides is 2. The van der Waals surface area contributed by atoms with Crippen molar-refractivity contribution in [3.05, 3.63) is 101 Å². The Bertz CT molecular complexity index is 1150. The Morgan fingerprint density at radius 1 is 0.895 bits per heavy atom. The highest BCUT2D eigenvalue weighted by atomic mass is 79.9. The zero-order valence-corrected chi connectivity index (χ0v) is 23.4. The first-order chi connectivity index (χ1) is 18.6. The molecule has 0 bridgehead atoms. The van der Waals surface area contributed by atoms with E-state index in [0.717, 1.165) is 47.0 Å². The number of ether oxygens (including phenoxy) is 1. The lowest BCUT2D eigenvalue weighted by molar-refractivity contribution is -0.141. The van der Waals surface area contributed by atoms with Crippen molar-refractivity contribution in [3.63, 3.8) is 0 Å². The van der Waals surface area contributed by atoms with Crippen molar-refractivity contribution >= 4 is 27.7 Å². The number of nitrogens with zero attached hydrogens (tertiary/aromatic N) is 1. The molecule has 200 valence electrons. The van der Waals surface area contributed by atoms with Gasteiger partial charge in [-0.05, 0) is 54.7 Å². The maximum atomic E-state index is 13.8. The Morgan fingerprint density at radius 2 is 1.58 bits per heavy atom. The minimum Gasteiger partial charge on any atom is -0.494 e. The molecule has 0 spiro atoms. The van der Waals surface area contributed by atoms with Crippen LogP contribution in [0.25, 0.3) is 0 Å². The van der Waals surface area contributed by atoms with Crippen molar-refractivity contribution in [2.24, 2.45) is 0 Å². The van der Waals surface area contributed by atoms with Gasteiger partial charge in [0.05, 0.1) is 6.61 Å². The van der Waals surface area contributed by atoms with Gasteiger partial charge in [-0.2, -0.15) is 0 Å². The van der Waals surface area contributed by atoms with Crippen LogP contribution in [-0.2, 0) is 22.6 Å². The van der Waals surface area contributed by atoms with Gasteiger partial charge in [-0.1, -0.05) is 95.9 Å². The van der Waals surface area contributed by atoms with Gasteiger partial charge >= 0.3 is 0 Å². The highest BCUT2D eigenvalue weighted by Gasteiger charge is 2.31. The van der Waals surface area contributed by atoms with Gasteiger partial charge in [0, 0.05) is 29.9 Å². The van der Waals surface area contributed by atoms with E-state index in [0.29, 0.717) is 32.4 Å². The first kappa shape index (κ1) is 27.9. The number of hydrogen-bond donors (Lipinski definition) is 1. The molecule has 0 heterocycles. The molecular weight excluding hydrogens is 540 g/mol. The van der Waals surface area contributed by atoms with Crippen LogP contribution in [0.15, 0.2) is 89.4 Å². The molecule has 38 heavy (non-hydrogen) atoms. The van der Waals surface area contributed by atoms with E-state index in [1.54, 1.807) is 4.90 Å². The Morgan fingerprint density at radius 3 is 2.29 bits per heavy atom. The third kappa shape index (κ3) is 8.73. The molecule has 3 aromatic carbocycles. The Labute approximate surface area is 234 Å². The fraction of sp³-hybridized carbons (Fsp3) is 0.375. The highest BCUT2D eigenvalue weighted by molar-refractivity contribution is 9.10. The van der Waals surface area contributed by atoms with Crippen molar-refractivity contribution in [1.82, 2.24) is 10.2 Å². The smallest absolute Gasteiger partial charge is 0.243 e. The second-order valence-electron chi connectivity index (χ2n) is 9.97. The number of hydrogen-bond acceptors (Lipinski definition) is 3. The van der Waals surface area contributed by atoms with Crippen LogP contribution in [0.2, 0.25) is 0 Å². The predicted octanol–water partition coefficient (Wildman–Crippen LogP) is 6.70. The van der Waals surface area contributed by atoms with Gasteiger partial charge in [0.2, 0.25) is 11.8 Å². The summed E-state index contributed by atoms with van der Waals surface area (Å²) in [6.45, 7) is 0.811. The van der Waals surface area contributed by atoms with E-state index in [4.69, 9.17) is 4.74 Å². The molecule has 2 amide bonds. The molecule has 3 aromatic rings. The van der Waals surface area contributed by atoms with Gasteiger partial charge in [-0.3, -0.25) is 9.59 Å². The monoisotopic (exact) mass is 576 g/mol. The Hall–Kier alpha value is -3.12. The maximum absolute atomic E-state index is 13.8. The molecule has 1 aliphatic rings. The average molecular weight is 578 g/mol. The summed E-state index contributed by atoms with van der Waals surface area (Å²) in [6, 6.07) is 27.1. The molecule has 0 unspecified atom stereocenters. The van der Waals surface area contributed by atoms with E-state index in [2.05, 4.69) is 21.2 Å². The maximum Gasteiger partial charge on any atom is 0.243 e. The standard InChI is InChI=1S/C32H37BrN2O3/c33-27-15-10-14-26(22-27)24-35(31(36)20-11-21-38-29-18-8-3-9-19-29)30(23-25-12-4-1-5-13-25)32(37)34-28-16-6-2-7-17-28/h1,3-5,8-10,12-15,18-19,22,28,30H,2,6-7,11,16-17,20-21,23-24H2,(H,34,37)/t30-/m1/s1. The summed E-state index contributed by atoms with van der Waals surface area (Å²) in [5.74, 6) is 0.686. The zero-order valence-electron chi connectivity index (χ0n) is 21.9. The average Bonchev–Trinajstić information content (AvgIpc) is 2.94. The van der Waals surface area contributed by atoms with Crippen LogP contribution in [-0.4, -0.2) is 35.4 Å². The molecule has 4 rings (SSSR count). The fourth-order valence-corrected chi connectivity index (χ4v) is 5.45. The van der Waals surface area contributed by atoms with Gasteiger partial charge < -0.3 is 15.0 Å². The third-order valence-corrected chi connectivity index (χ3v) is 7.50. The predicted molar refractivity (Wildman–Crippen MR) is 155 cm³/mol. The van der Waals surface area contributed by atoms with Gasteiger partial charge in [0.25, 0.3) is 0 Å². The Balaban J connectivity index is 1.52. The molecule has 0 saturated heterocycles. The summed E-state index contributed by atoms with van der Waals surface area (Å²) in [6.07, 6.45) is 6.85. The summed E-state index contributed by atoms with van der Waals surface area (Å²) in [7, 11) is 0. The molecular formula is C32H37BrN2O3. The van der Waals surface area contributed by atoms with Crippen LogP contribution < -0.4 is 10.1 Å². The molecule has 6 heteroatoms. The summed E-state index contributed by atoms with van der Waals surface area (Å²) in [5.41, 5.74) is 2.02. The van der Waals surface area contributed by atoms with E-state index in [1.807, 2.05) is 84.9 Å². The lowest BCUT2D eigenvalue weighted by atomic mass is 9.94. The van der Waals surface area contributed by atoms with Crippen molar-refractivity contribution in [2.45, 2.75) is 70.0 Å². The van der Waals surface area contributed by atoms with E-state index in [9.17, 15) is 9.59 Å². The quantitative estimate of drug-likeness (QED) is 0.244. The normalized spacial score (nSPS) is 14.4. The first-order valence-corrected chi connectivity index (χ1v) is 14.4. The van der Waals surface area contributed by atoms with Crippen LogP contribution in [0.4, 0.5) is 0 Å². The number of nitrogens with one attached hydrogen (secondary N) is 1. The zero-order chi connectivity index (χ0) is 26.6. The molecule has 1 saturated carbocycles. The summed E-state index contributed by atoms with van der Waals surface area (Å²) in [4.78, 5) is 29.3. The Kier molecular flexibility index (Phi) is 10.8. The number of halogens is 1. The number of carbonyl (C=O) groups excluding carboxylic acids is 2. The summed E-state index contributed by atoms with van der Waals surface area (Å²) in [5, 5.41) is 3.29. The minimum atomic E-state index is -0.596. The van der Waals surface area contributed by atoms with Crippen LogP contribution in [0.3, 0.4) is 0 Å². The van der Waals surface area contributed by atoms with Gasteiger partial charge in [0.1, 0.15) is 11.8 Å². The summed E-state index contributed by atoms with van der Waals surface area (Å²) >= 11 is 3.55. The molecule has 1 fully saturated rings. The second-order valence-corrected chi connectivity index (χ2v) is 10.9. The number of carbonyl (C=O) groups is 2. The van der Waals surface area contributed by atoms with Crippen LogP contribution >= 0.6 is 15.9 Å². The molecule has 1 atom stereocenters. The molecule has 1 N–H and O–H groups in total. The van der Waals surface area contributed by atoms with Crippen molar-refractivity contribution in [2.75, 3.05) is 6.61 Å². The molecule has 0 radical (unpaired) electrons. The van der Waals surface area contributed by atoms with E-state index in [-0.39, 0.29) is 17.9 Å². The molecule has 0 aromatic heterocycles. The van der Waals surface area contributed by atoms with Crippen molar-refractivity contribution < 1.29 is 14.3 Å². The van der Waals surface area contributed by atoms with Crippen molar-refractivity contribution in [3.8, 4) is 5.75 Å². The largest absolute Gasteiger partial charge is 0.494 e. The van der Waals surface area contributed by atoms with Gasteiger partial charge in [0.15, 0.2) is 0 Å². The van der Waals surface area contributed by atoms with Crippen LogP contribution in [0, 0.1) is 0 Å². The molecule has 0 aliphatic heterocycles. The van der Waals surface area contributed by atoms with E-state index < -0.39 is 6.04 Å². The topological polar surface area (TPSA) is 58.6 Å². The first-order valence-electron chi connectivity index (χ1n) is 13.6. The second kappa shape index (κ2) is 14.7. The van der Waals surface area contributed by atoms with Gasteiger partial charge in [-0.25, -0.2) is 0 Å². The van der Waals surface area contributed by atoms with Crippen LogP contribution in [0.5, 0.6) is 5.75 Å². The highest BCUT2D eigenvalue weighted by Crippen LogP contribution is 2.21. The SMILES string of the molecule is O=C(NC1CCCCC1)[C@@H](Cc1ccccc1)N(Cc1cccc(Br)c1)C(=O)CCCOc1ccccc1. The van der Waals surface area contributed by atoms with E-state index >= 15 is 0 Å². The lowest BCUT2D eigenvalue weighted by Gasteiger charge is -2.33. The summed E-state index contributed by atoms with van der Waals surface area (Å²) < 4.78 is 6.77. The number of benzene rings is 3. The van der Waals surface area contributed by atoms with Crippen LogP contribution in [0.1, 0.15) is 56.1 Å². The third-order valence-electron chi connectivity index (χ3n) is 7.01. The number of para-hydroxylation sites is 1. The van der Waals surface area contributed by atoms with Crippen molar-refractivity contribution in [1.29, 1.82) is 0 Å². The number of rotatable bonds is 12.